The van der Waals surface area contributed by atoms with E-state index >= 15 is 0 Å². The Labute approximate surface area is 161 Å². The molecule has 4 rings (SSSR count). The molecule has 27 heavy (non-hydrogen) atoms. The van der Waals surface area contributed by atoms with Crippen molar-refractivity contribution in [2.24, 2.45) is 17.6 Å². The number of nitrogens with zero attached hydrogens (tertiary/aromatic N) is 1. The Hall–Kier alpha value is -2.17. The lowest BCUT2D eigenvalue weighted by Crippen LogP contribution is -2.39. The quantitative estimate of drug-likeness (QED) is 0.795. The molecule has 1 saturated carbocycles. The second-order valence-electron chi connectivity index (χ2n) is 8.00. The summed E-state index contributed by atoms with van der Waals surface area (Å²) in [5.74, 6) is 1.54. The van der Waals surface area contributed by atoms with Crippen LogP contribution in [0.1, 0.15) is 35.9 Å². The number of rotatable bonds is 7. The minimum absolute atomic E-state index is 0.125. The summed E-state index contributed by atoms with van der Waals surface area (Å²) in [6.07, 6.45) is 2.41. The standard InChI is InChI=1S/C23H29N3O/c24-13-20-14-26(15-21(20)17-7-3-1-4-8-17)16-22(27)25-23(19-11-12-19)18-9-5-2-6-10-18/h1-10,19-21,23H,11-16,24H2,(H,25,27)/t20-,21+,23?/m1/s1. The maximum Gasteiger partial charge on any atom is 0.234 e. The molecule has 2 aromatic carbocycles. The highest BCUT2D eigenvalue weighted by Gasteiger charge is 2.36. The molecule has 1 saturated heterocycles. The van der Waals surface area contributed by atoms with Gasteiger partial charge in [-0.15, -0.1) is 0 Å². The molecule has 0 bridgehead atoms. The zero-order valence-electron chi connectivity index (χ0n) is 15.8. The van der Waals surface area contributed by atoms with Crippen LogP contribution in [0.15, 0.2) is 60.7 Å². The van der Waals surface area contributed by atoms with Gasteiger partial charge in [-0.05, 0) is 42.3 Å². The van der Waals surface area contributed by atoms with Crippen molar-refractivity contribution in [3.05, 3.63) is 71.8 Å². The molecule has 1 amide bonds. The first-order valence-electron chi connectivity index (χ1n) is 10.1. The molecule has 2 fully saturated rings. The van der Waals surface area contributed by atoms with E-state index in [2.05, 4.69) is 46.6 Å². The van der Waals surface area contributed by atoms with Crippen LogP contribution in [-0.2, 0) is 4.79 Å². The highest BCUT2D eigenvalue weighted by Crippen LogP contribution is 2.41. The van der Waals surface area contributed by atoms with E-state index in [0.29, 0.717) is 30.8 Å². The van der Waals surface area contributed by atoms with E-state index in [1.54, 1.807) is 0 Å². The predicted molar refractivity (Wildman–Crippen MR) is 108 cm³/mol. The number of hydrogen-bond donors (Lipinski definition) is 2. The fourth-order valence-corrected chi connectivity index (χ4v) is 4.39. The van der Waals surface area contributed by atoms with Crippen molar-refractivity contribution in [3.63, 3.8) is 0 Å². The van der Waals surface area contributed by atoms with E-state index < -0.39 is 0 Å². The summed E-state index contributed by atoms with van der Waals surface area (Å²) in [7, 11) is 0. The number of benzene rings is 2. The molecular formula is C23H29N3O. The number of amides is 1. The smallest absolute Gasteiger partial charge is 0.234 e. The number of likely N-dealkylation sites (tertiary alicyclic amines) is 1. The zero-order chi connectivity index (χ0) is 18.6. The Kier molecular flexibility index (Phi) is 5.55. The number of nitrogens with two attached hydrogens (primary N) is 1. The molecule has 1 unspecified atom stereocenters. The summed E-state index contributed by atoms with van der Waals surface area (Å²) in [4.78, 5) is 15.0. The lowest BCUT2D eigenvalue weighted by molar-refractivity contribution is -0.123. The molecule has 2 aliphatic rings. The summed E-state index contributed by atoms with van der Waals surface area (Å²) >= 11 is 0. The Bertz CT molecular complexity index is 745. The molecule has 4 heteroatoms. The van der Waals surface area contributed by atoms with Crippen LogP contribution in [0, 0.1) is 11.8 Å². The summed E-state index contributed by atoms with van der Waals surface area (Å²) < 4.78 is 0. The topological polar surface area (TPSA) is 58.4 Å². The van der Waals surface area contributed by atoms with Gasteiger partial charge in [0.05, 0.1) is 12.6 Å². The summed E-state index contributed by atoms with van der Waals surface area (Å²) in [5.41, 5.74) is 8.58. The van der Waals surface area contributed by atoms with Gasteiger partial charge in [-0.3, -0.25) is 9.69 Å². The van der Waals surface area contributed by atoms with Gasteiger partial charge in [-0.25, -0.2) is 0 Å². The Balaban J connectivity index is 1.38. The van der Waals surface area contributed by atoms with Crippen molar-refractivity contribution in [2.45, 2.75) is 24.8 Å². The Morgan fingerprint density at radius 2 is 1.70 bits per heavy atom. The van der Waals surface area contributed by atoms with E-state index in [4.69, 9.17) is 5.73 Å². The van der Waals surface area contributed by atoms with Crippen molar-refractivity contribution in [2.75, 3.05) is 26.2 Å². The molecule has 142 valence electrons. The van der Waals surface area contributed by atoms with E-state index in [9.17, 15) is 4.79 Å². The average Bonchev–Trinajstić information content (AvgIpc) is 3.47. The molecule has 3 N–H and O–H groups in total. The number of carbonyl (C=O) groups is 1. The zero-order valence-corrected chi connectivity index (χ0v) is 15.8. The molecule has 2 aromatic rings. The van der Waals surface area contributed by atoms with E-state index in [1.165, 1.54) is 24.0 Å². The van der Waals surface area contributed by atoms with Gasteiger partial charge in [0.2, 0.25) is 5.91 Å². The minimum Gasteiger partial charge on any atom is -0.348 e. The van der Waals surface area contributed by atoms with Crippen LogP contribution in [0.4, 0.5) is 0 Å². The van der Waals surface area contributed by atoms with Crippen LogP contribution in [-0.4, -0.2) is 37.0 Å². The van der Waals surface area contributed by atoms with Crippen molar-refractivity contribution in [1.82, 2.24) is 10.2 Å². The predicted octanol–water partition coefficient (Wildman–Crippen LogP) is 2.93. The van der Waals surface area contributed by atoms with Gasteiger partial charge in [0.1, 0.15) is 0 Å². The number of hydrogen-bond acceptors (Lipinski definition) is 3. The van der Waals surface area contributed by atoms with Crippen LogP contribution in [0.3, 0.4) is 0 Å². The molecule has 1 heterocycles. The highest BCUT2D eigenvalue weighted by molar-refractivity contribution is 5.78. The first-order valence-corrected chi connectivity index (χ1v) is 10.1. The van der Waals surface area contributed by atoms with Crippen LogP contribution in [0.5, 0.6) is 0 Å². The van der Waals surface area contributed by atoms with E-state index in [-0.39, 0.29) is 11.9 Å². The first-order chi connectivity index (χ1) is 13.2. The second-order valence-corrected chi connectivity index (χ2v) is 8.00. The van der Waals surface area contributed by atoms with E-state index in [0.717, 1.165) is 13.1 Å². The van der Waals surface area contributed by atoms with Gasteiger partial charge in [0, 0.05) is 19.0 Å². The first kappa shape index (κ1) is 18.2. The van der Waals surface area contributed by atoms with Crippen molar-refractivity contribution in [3.8, 4) is 0 Å². The van der Waals surface area contributed by atoms with Gasteiger partial charge < -0.3 is 11.1 Å². The van der Waals surface area contributed by atoms with Crippen molar-refractivity contribution in [1.29, 1.82) is 0 Å². The molecule has 0 spiro atoms. The second kappa shape index (κ2) is 8.24. The minimum atomic E-state index is 0.125. The Morgan fingerprint density at radius 1 is 1.04 bits per heavy atom. The fraction of sp³-hybridized carbons (Fsp3) is 0.435. The van der Waals surface area contributed by atoms with Gasteiger partial charge in [-0.2, -0.15) is 0 Å². The van der Waals surface area contributed by atoms with Crippen LogP contribution in [0.2, 0.25) is 0 Å². The van der Waals surface area contributed by atoms with Crippen LogP contribution in [0.25, 0.3) is 0 Å². The SMILES string of the molecule is NC[C@@H]1CN(CC(=O)NC(c2ccccc2)C2CC2)C[C@H]1c1ccccc1. The molecular weight excluding hydrogens is 334 g/mol. The van der Waals surface area contributed by atoms with E-state index in [1.807, 2.05) is 24.3 Å². The Morgan fingerprint density at radius 3 is 2.33 bits per heavy atom. The van der Waals surface area contributed by atoms with Crippen LogP contribution < -0.4 is 11.1 Å². The molecule has 0 radical (unpaired) electrons. The largest absolute Gasteiger partial charge is 0.348 e. The van der Waals surface area contributed by atoms with Gasteiger partial charge >= 0.3 is 0 Å². The third kappa shape index (κ3) is 4.40. The van der Waals surface area contributed by atoms with Gasteiger partial charge in [-0.1, -0.05) is 60.7 Å². The molecule has 0 aromatic heterocycles. The van der Waals surface area contributed by atoms with Gasteiger partial charge in [0.15, 0.2) is 0 Å². The average molecular weight is 364 g/mol. The summed E-state index contributed by atoms with van der Waals surface area (Å²) in [5, 5.41) is 3.30. The highest BCUT2D eigenvalue weighted by atomic mass is 16.2. The molecule has 1 aliphatic carbocycles. The van der Waals surface area contributed by atoms with Crippen molar-refractivity contribution >= 4 is 5.91 Å². The number of carbonyl (C=O) groups excluding carboxylic acids is 1. The maximum atomic E-state index is 12.8. The lowest BCUT2D eigenvalue weighted by atomic mass is 9.89. The lowest BCUT2D eigenvalue weighted by Gasteiger charge is -2.21. The fourth-order valence-electron chi connectivity index (χ4n) is 4.39. The van der Waals surface area contributed by atoms with Crippen LogP contribution >= 0.6 is 0 Å². The summed E-state index contributed by atoms with van der Waals surface area (Å²) in [6.45, 7) is 2.91. The van der Waals surface area contributed by atoms with Gasteiger partial charge in [0.25, 0.3) is 0 Å². The molecule has 3 atom stereocenters. The summed E-state index contributed by atoms with van der Waals surface area (Å²) in [6, 6.07) is 21.1. The maximum absolute atomic E-state index is 12.8. The molecule has 1 aliphatic heterocycles. The third-order valence-corrected chi connectivity index (χ3v) is 5.98. The third-order valence-electron chi connectivity index (χ3n) is 5.98. The monoisotopic (exact) mass is 363 g/mol. The van der Waals surface area contributed by atoms with Crippen molar-refractivity contribution < 1.29 is 4.79 Å². The number of nitrogens with one attached hydrogen (secondary N) is 1. The molecule has 4 nitrogen and oxygen atoms in total. The normalized spacial score (nSPS) is 23.9.